The summed E-state index contributed by atoms with van der Waals surface area (Å²) >= 11 is 5.96. The molecule has 4 rings (SSSR count). The van der Waals surface area contributed by atoms with E-state index < -0.39 is 36.1 Å². The molecule has 1 aliphatic rings. The number of imidazole rings is 1. The lowest BCUT2D eigenvalue weighted by molar-refractivity contribution is -0.385. The predicted molar refractivity (Wildman–Crippen MR) is 104 cm³/mol. The Hall–Kier alpha value is -2.90. The first-order valence-corrected chi connectivity index (χ1v) is 9.25. The molecule has 2 aromatic heterocycles. The van der Waals surface area contributed by atoms with Crippen molar-refractivity contribution >= 4 is 34.3 Å². The fourth-order valence-electron chi connectivity index (χ4n) is 3.33. The molecule has 158 valence electrons. The van der Waals surface area contributed by atoms with Crippen LogP contribution < -0.4 is 5.32 Å². The summed E-state index contributed by atoms with van der Waals surface area (Å²) in [6.07, 6.45) is -1.87. The second kappa shape index (κ2) is 8.08. The molecule has 12 nitrogen and oxygen atoms in total. The first-order chi connectivity index (χ1) is 14.4. The summed E-state index contributed by atoms with van der Waals surface area (Å²) in [5, 5.41) is 44.1. The average Bonchev–Trinajstić information content (AvgIpc) is 3.27. The van der Waals surface area contributed by atoms with Gasteiger partial charge in [-0.1, -0.05) is 11.6 Å². The number of halogens is 1. The number of aromatic nitrogens is 4. The van der Waals surface area contributed by atoms with Crippen LogP contribution in [0.3, 0.4) is 0 Å². The number of fused-ring (bicyclic) bond motifs is 1. The van der Waals surface area contributed by atoms with Crippen LogP contribution in [-0.2, 0) is 11.3 Å². The van der Waals surface area contributed by atoms with Crippen LogP contribution in [0.5, 0.6) is 0 Å². The molecule has 1 aliphatic heterocycles. The Morgan fingerprint density at radius 1 is 1.27 bits per heavy atom. The van der Waals surface area contributed by atoms with Crippen molar-refractivity contribution in [2.45, 2.75) is 31.1 Å². The van der Waals surface area contributed by atoms with E-state index in [-0.39, 0.29) is 12.2 Å². The summed E-state index contributed by atoms with van der Waals surface area (Å²) in [7, 11) is 0. The Kier molecular flexibility index (Phi) is 5.49. The molecular formula is C17H17ClN6O6. The Bertz CT molecular complexity index is 1090. The van der Waals surface area contributed by atoms with Gasteiger partial charge in [0.25, 0.3) is 5.69 Å². The number of aliphatic hydroxyl groups excluding tert-OH is 3. The summed E-state index contributed by atoms with van der Waals surface area (Å²) in [5.41, 5.74) is 0.916. The summed E-state index contributed by atoms with van der Waals surface area (Å²) in [6.45, 7) is -0.398. The lowest BCUT2D eigenvalue weighted by Crippen LogP contribution is -2.33. The molecule has 0 saturated carbocycles. The van der Waals surface area contributed by atoms with Crippen molar-refractivity contribution in [2.75, 3.05) is 11.9 Å². The second-order valence-corrected chi connectivity index (χ2v) is 7.10. The second-order valence-electron chi connectivity index (χ2n) is 6.66. The average molecular weight is 437 g/mol. The molecule has 1 saturated heterocycles. The third-order valence-corrected chi connectivity index (χ3v) is 5.07. The molecular weight excluding hydrogens is 420 g/mol. The van der Waals surface area contributed by atoms with E-state index in [9.17, 15) is 25.4 Å². The van der Waals surface area contributed by atoms with E-state index in [0.717, 1.165) is 0 Å². The smallest absolute Gasteiger partial charge is 0.274 e. The van der Waals surface area contributed by atoms with Crippen molar-refractivity contribution in [3.8, 4) is 0 Å². The minimum absolute atomic E-state index is 0.0592. The fraction of sp³-hybridized carbons (Fsp3) is 0.353. The van der Waals surface area contributed by atoms with Gasteiger partial charge in [0.15, 0.2) is 23.2 Å². The van der Waals surface area contributed by atoms with Gasteiger partial charge in [-0.3, -0.25) is 14.7 Å². The molecule has 4 atom stereocenters. The minimum Gasteiger partial charge on any atom is -0.394 e. The van der Waals surface area contributed by atoms with Crippen LogP contribution in [-0.4, -0.2) is 64.7 Å². The number of hydrogen-bond acceptors (Lipinski definition) is 10. The number of hydrogen-bond donors (Lipinski definition) is 4. The Morgan fingerprint density at radius 2 is 2.07 bits per heavy atom. The van der Waals surface area contributed by atoms with E-state index in [1.807, 2.05) is 0 Å². The van der Waals surface area contributed by atoms with Crippen LogP contribution in [0.2, 0.25) is 5.02 Å². The van der Waals surface area contributed by atoms with Crippen molar-refractivity contribution in [3.63, 3.8) is 0 Å². The van der Waals surface area contributed by atoms with Crippen LogP contribution in [0.25, 0.3) is 11.2 Å². The van der Waals surface area contributed by atoms with E-state index in [1.54, 1.807) is 0 Å². The van der Waals surface area contributed by atoms with Crippen LogP contribution in [0.15, 0.2) is 30.9 Å². The molecule has 1 fully saturated rings. The zero-order valence-corrected chi connectivity index (χ0v) is 16.0. The van der Waals surface area contributed by atoms with E-state index in [1.165, 1.54) is 35.4 Å². The number of nitro benzene ring substituents is 1. The fourth-order valence-corrected chi connectivity index (χ4v) is 3.52. The van der Waals surface area contributed by atoms with E-state index in [0.29, 0.717) is 27.6 Å². The number of rotatable bonds is 6. The van der Waals surface area contributed by atoms with E-state index in [4.69, 9.17) is 16.3 Å². The molecule has 4 N–H and O–H groups in total. The van der Waals surface area contributed by atoms with Gasteiger partial charge in [-0.2, -0.15) is 0 Å². The molecule has 30 heavy (non-hydrogen) atoms. The molecule has 0 radical (unpaired) electrons. The number of ether oxygens (including phenoxy) is 1. The number of aliphatic hydroxyl groups is 3. The molecule has 1 aromatic carbocycles. The van der Waals surface area contributed by atoms with Gasteiger partial charge < -0.3 is 25.4 Å². The van der Waals surface area contributed by atoms with Gasteiger partial charge in [-0.05, 0) is 12.1 Å². The maximum atomic E-state index is 11.2. The van der Waals surface area contributed by atoms with Gasteiger partial charge >= 0.3 is 0 Å². The SMILES string of the molecule is O=[N+]([O-])c1ccc(Cl)cc1CNc1ncnc2c1ncn2[C@@H]1O[C@H](CO)[C@@H](O)[C@H]1O. The van der Waals surface area contributed by atoms with Crippen molar-refractivity contribution in [2.24, 2.45) is 0 Å². The molecule has 0 unspecified atom stereocenters. The van der Waals surface area contributed by atoms with Gasteiger partial charge in [0.05, 0.1) is 23.4 Å². The van der Waals surface area contributed by atoms with Gasteiger partial charge in [0.2, 0.25) is 0 Å². The van der Waals surface area contributed by atoms with Crippen LogP contribution in [0.4, 0.5) is 11.5 Å². The molecule has 0 bridgehead atoms. The molecule has 3 heterocycles. The largest absolute Gasteiger partial charge is 0.394 e. The number of nitrogens with zero attached hydrogens (tertiary/aromatic N) is 5. The monoisotopic (exact) mass is 436 g/mol. The van der Waals surface area contributed by atoms with Gasteiger partial charge in [-0.25, -0.2) is 15.0 Å². The molecule has 0 amide bonds. The Balaban J connectivity index is 1.62. The van der Waals surface area contributed by atoms with E-state index >= 15 is 0 Å². The third-order valence-electron chi connectivity index (χ3n) is 4.83. The number of nitro groups is 1. The highest BCUT2D eigenvalue weighted by molar-refractivity contribution is 6.30. The maximum Gasteiger partial charge on any atom is 0.274 e. The first-order valence-electron chi connectivity index (χ1n) is 8.87. The van der Waals surface area contributed by atoms with Crippen molar-refractivity contribution in [1.29, 1.82) is 0 Å². The lowest BCUT2D eigenvalue weighted by atomic mass is 10.1. The molecule has 0 aliphatic carbocycles. The molecule has 0 spiro atoms. The Morgan fingerprint density at radius 3 is 2.77 bits per heavy atom. The third kappa shape index (κ3) is 3.55. The first kappa shape index (κ1) is 20.4. The zero-order chi connectivity index (χ0) is 21.4. The van der Waals surface area contributed by atoms with E-state index in [2.05, 4.69) is 20.3 Å². The standard InChI is InChI=1S/C17H17ClN6O6/c18-9-1-2-10(24(28)29)8(3-9)4-19-15-12-16(21-6-20-15)23(7-22-12)17-14(27)13(26)11(5-25)30-17/h1-3,6-7,11,13-14,17,25-27H,4-5H2,(H,19,20,21)/t11-,13-,14-,17-/m1/s1. The summed E-state index contributed by atoms with van der Waals surface area (Å²) in [6, 6.07) is 4.25. The minimum atomic E-state index is -1.29. The van der Waals surface area contributed by atoms with Crippen molar-refractivity contribution in [1.82, 2.24) is 19.5 Å². The Labute approximate surface area is 173 Å². The number of anilines is 1. The highest BCUT2D eigenvalue weighted by atomic mass is 35.5. The highest BCUT2D eigenvalue weighted by Gasteiger charge is 2.44. The molecule has 3 aromatic rings. The molecule has 13 heteroatoms. The van der Waals surface area contributed by atoms with Crippen LogP contribution in [0.1, 0.15) is 11.8 Å². The van der Waals surface area contributed by atoms with Gasteiger partial charge in [0, 0.05) is 17.6 Å². The number of benzene rings is 1. The van der Waals surface area contributed by atoms with Crippen molar-refractivity contribution < 1.29 is 25.0 Å². The topological polar surface area (TPSA) is 169 Å². The van der Waals surface area contributed by atoms with Gasteiger partial charge in [-0.15, -0.1) is 0 Å². The predicted octanol–water partition coefficient (Wildman–Crippen LogP) is 0.611. The summed E-state index contributed by atoms with van der Waals surface area (Å²) < 4.78 is 6.94. The highest BCUT2D eigenvalue weighted by Crippen LogP contribution is 2.32. The van der Waals surface area contributed by atoms with Gasteiger partial charge in [0.1, 0.15) is 24.6 Å². The van der Waals surface area contributed by atoms with Crippen LogP contribution >= 0.6 is 11.6 Å². The lowest BCUT2D eigenvalue weighted by Gasteiger charge is -2.16. The zero-order valence-electron chi connectivity index (χ0n) is 15.3. The maximum absolute atomic E-state index is 11.2. The van der Waals surface area contributed by atoms with Crippen LogP contribution in [0, 0.1) is 10.1 Å². The summed E-state index contributed by atoms with van der Waals surface area (Å²) in [4.78, 5) is 23.3. The number of nitrogens with one attached hydrogen (secondary N) is 1. The summed E-state index contributed by atoms with van der Waals surface area (Å²) in [5.74, 6) is 0.305. The quantitative estimate of drug-likeness (QED) is 0.317. The normalized spacial score (nSPS) is 23.7. The van der Waals surface area contributed by atoms with Crippen molar-refractivity contribution in [3.05, 3.63) is 51.6 Å².